The number of methoxy groups -OCH3 is 2. The Balaban J connectivity index is 1.32. The number of piperazine rings is 1. The van der Waals surface area contributed by atoms with E-state index < -0.39 is 0 Å². The van der Waals surface area contributed by atoms with E-state index in [0.29, 0.717) is 19.3 Å². The zero-order chi connectivity index (χ0) is 20.5. The van der Waals surface area contributed by atoms with Crippen LogP contribution in [0.3, 0.4) is 0 Å². The van der Waals surface area contributed by atoms with Crippen molar-refractivity contribution in [2.24, 2.45) is 0 Å². The maximum atomic E-state index is 5.87. The number of hydrogen-bond donors (Lipinski definition) is 0. The molecule has 6 nitrogen and oxygen atoms in total. The Morgan fingerprint density at radius 1 is 0.724 bits per heavy atom. The second-order valence-corrected chi connectivity index (χ2v) is 7.23. The molecule has 1 heterocycles. The summed E-state index contributed by atoms with van der Waals surface area (Å²) in [4.78, 5) is 4.96. The molecule has 1 saturated heterocycles. The normalized spacial score (nSPS) is 17.7. The van der Waals surface area contributed by atoms with E-state index in [0.717, 1.165) is 55.7 Å². The molecule has 0 saturated carbocycles. The summed E-state index contributed by atoms with van der Waals surface area (Å²) < 4.78 is 22.1. The van der Waals surface area contributed by atoms with Gasteiger partial charge in [-0.3, -0.25) is 9.80 Å². The number of benzene rings is 2. The Bertz CT molecular complexity index is 721. The summed E-state index contributed by atoms with van der Waals surface area (Å²) in [5, 5.41) is 0. The van der Waals surface area contributed by atoms with Gasteiger partial charge >= 0.3 is 0 Å². The number of ether oxygens (including phenoxy) is 4. The Kier molecular flexibility index (Phi) is 8.02. The summed E-state index contributed by atoms with van der Waals surface area (Å²) in [5.74, 6) is 3.46. The van der Waals surface area contributed by atoms with Crippen molar-refractivity contribution in [2.45, 2.75) is 13.0 Å². The molecule has 158 valence electrons. The number of nitrogens with zero attached hydrogens (tertiary/aromatic N) is 2. The van der Waals surface area contributed by atoms with Crippen molar-refractivity contribution in [3.05, 3.63) is 48.5 Å². The van der Waals surface area contributed by atoms with Gasteiger partial charge in [-0.05, 0) is 55.5 Å². The molecule has 1 aliphatic heterocycles. The zero-order valence-electron chi connectivity index (χ0n) is 17.7. The third-order valence-corrected chi connectivity index (χ3v) is 5.29. The average molecular weight is 401 g/mol. The summed E-state index contributed by atoms with van der Waals surface area (Å²) >= 11 is 0. The molecule has 3 rings (SSSR count). The van der Waals surface area contributed by atoms with Crippen LogP contribution in [0.1, 0.15) is 6.92 Å². The highest BCUT2D eigenvalue weighted by atomic mass is 16.5. The molecule has 2 aromatic carbocycles. The van der Waals surface area contributed by atoms with E-state index in [-0.39, 0.29) is 0 Å². The fraction of sp³-hybridized carbons (Fsp3) is 0.478. The van der Waals surface area contributed by atoms with Gasteiger partial charge < -0.3 is 18.9 Å². The molecule has 6 heteroatoms. The first kappa shape index (κ1) is 21.3. The molecular weight excluding hydrogens is 368 g/mol. The first-order chi connectivity index (χ1) is 14.2. The first-order valence-corrected chi connectivity index (χ1v) is 10.2. The lowest BCUT2D eigenvalue weighted by atomic mass is 10.2. The molecule has 1 unspecified atom stereocenters. The predicted octanol–water partition coefficient (Wildman–Crippen LogP) is 3.17. The van der Waals surface area contributed by atoms with Crippen LogP contribution >= 0.6 is 0 Å². The standard InChI is InChI=1S/C23H32N2O4/c1-19-18-24(14-16-28-22-8-4-20(26-2)5-9-22)12-13-25(19)15-17-29-23-10-6-21(27-3)7-11-23/h4-11,19H,12-18H2,1-3H3. The van der Waals surface area contributed by atoms with E-state index in [1.165, 1.54) is 0 Å². The number of rotatable bonds is 10. The fourth-order valence-electron chi connectivity index (χ4n) is 3.52. The zero-order valence-corrected chi connectivity index (χ0v) is 17.7. The quantitative estimate of drug-likeness (QED) is 0.610. The Labute approximate surface area is 173 Å². The lowest BCUT2D eigenvalue weighted by Gasteiger charge is -2.39. The van der Waals surface area contributed by atoms with Gasteiger partial charge in [0.25, 0.3) is 0 Å². The summed E-state index contributed by atoms with van der Waals surface area (Å²) in [6.07, 6.45) is 0. The Morgan fingerprint density at radius 2 is 1.21 bits per heavy atom. The van der Waals surface area contributed by atoms with Gasteiger partial charge in [-0.25, -0.2) is 0 Å². The topological polar surface area (TPSA) is 43.4 Å². The minimum absolute atomic E-state index is 0.504. The third kappa shape index (κ3) is 6.54. The molecule has 0 radical (unpaired) electrons. The summed E-state index contributed by atoms with van der Waals surface area (Å²) in [7, 11) is 3.34. The van der Waals surface area contributed by atoms with Gasteiger partial charge in [-0.1, -0.05) is 0 Å². The summed E-state index contributed by atoms with van der Waals surface area (Å²) in [6, 6.07) is 16.0. The van der Waals surface area contributed by atoms with Crippen LogP contribution in [-0.4, -0.2) is 76.0 Å². The predicted molar refractivity (Wildman–Crippen MR) is 114 cm³/mol. The molecule has 0 aliphatic carbocycles. The van der Waals surface area contributed by atoms with Gasteiger partial charge in [0.15, 0.2) is 0 Å². The minimum atomic E-state index is 0.504. The lowest BCUT2D eigenvalue weighted by Crippen LogP contribution is -2.53. The highest BCUT2D eigenvalue weighted by molar-refractivity contribution is 5.31. The van der Waals surface area contributed by atoms with E-state index >= 15 is 0 Å². The molecular formula is C23H32N2O4. The first-order valence-electron chi connectivity index (χ1n) is 10.2. The SMILES string of the molecule is COc1ccc(OCCN2CCN(CCOc3ccc(OC)cc3)C(C)C2)cc1. The van der Waals surface area contributed by atoms with Gasteiger partial charge in [0.1, 0.15) is 36.2 Å². The van der Waals surface area contributed by atoms with Crippen LogP contribution in [0, 0.1) is 0 Å². The van der Waals surface area contributed by atoms with Crippen LogP contribution in [0.5, 0.6) is 23.0 Å². The highest BCUT2D eigenvalue weighted by Gasteiger charge is 2.23. The highest BCUT2D eigenvalue weighted by Crippen LogP contribution is 2.18. The monoisotopic (exact) mass is 400 g/mol. The van der Waals surface area contributed by atoms with Crippen molar-refractivity contribution in [1.82, 2.24) is 9.80 Å². The summed E-state index contributed by atoms with van der Waals surface area (Å²) in [6.45, 7) is 8.69. The van der Waals surface area contributed by atoms with E-state index in [1.54, 1.807) is 14.2 Å². The molecule has 29 heavy (non-hydrogen) atoms. The van der Waals surface area contributed by atoms with Crippen LogP contribution in [-0.2, 0) is 0 Å². The van der Waals surface area contributed by atoms with Crippen LogP contribution < -0.4 is 18.9 Å². The second kappa shape index (κ2) is 10.9. The molecule has 0 bridgehead atoms. The molecule has 0 N–H and O–H groups in total. The number of hydrogen-bond acceptors (Lipinski definition) is 6. The second-order valence-electron chi connectivity index (χ2n) is 7.23. The smallest absolute Gasteiger partial charge is 0.119 e. The maximum absolute atomic E-state index is 5.87. The Morgan fingerprint density at radius 3 is 1.69 bits per heavy atom. The molecule has 1 aliphatic rings. The van der Waals surface area contributed by atoms with E-state index in [4.69, 9.17) is 18.9 Å². The third-order valence-electron chi connectivity index (χ3n) is 5.29. The van der Waals surface area contributed by atoms with E-state index in [2.05, 4.69) is 16.7 Å². The molecule has 0 aromatic heterocycles. The van der Waals surface area contributed by atoms with Crippen LogP contribution in [0.15, 0.2) is 48.5 Å². The molecule has 0 amide bonds. The van der Waals surface area contributed by atoms with Crippen molar-refractivity contribution in [3.63, 3.8) is 0 Å². The maximum Gasteiger partial charge on any atom is 0.119 e. The van der Waals surface area contributed by atoms with Crippen LogP contribution in [0.2, 0.25) is 0 Å². The molecule has 2 aromatic rings. The van der Waals surface area contributed by atoms with Crippen LogP contribution in [0.25, 0.3) is 0 Å². The molecule has 0 spiro atoms. The Hall–Kier alpha value is -2.44. The van der Waals surface area contributed by atoms with Gasteiger partial charge in [-0.2, -0.15) is 0 Å². The van der Waals surface area contributed by atoms with Gasteiger partial charge in [0.2, 0.25) is 0 Å². The fourth-order valence-corrected chi connectivity index (χ4v) is 3.52. The van der Waals surface area contributed by atoms with Crippen molar-refractivity contribution in [3.8, 4) is 23.0 Å². The van der Waals surface area contributed by atoms with Crippen molar-refractivity contribution >= 4 is 0 Å². The van der Waals surface area contributed by atoms with Crippen molar-refractivity contribution < 1.29 is 18.9 Å². The van der Waals surface area contributed by atoms with Gasteiger partial charge in [-0.15, -0.1) is 0 Å². The molecule has 1 atom stereocenters. The van der Waals surface area contributed by atoms with E-state index in [1.807, 2.05) is 48.5 Å². The van der Waals surface area contributed by atoms with Gasteiger partial charge in [0, 0.05) is 38.8 Å². The van der Waals surface area contributed by atoms with Gasteiger partial charge in [0.05, 0.1) is 14.2 Å². The minimum Gasteiger partial charge on any atom is -0.497 e. The molecule has 1 fully saturated rings. The largest absolute Gasteiger partial charge is 0.497 e. The van der Waals surface area contributed by atoms with Crippen molar-refractivity contribution in [2.75, 3.05) is 60.2 Å². The van der Waals surface area contributed by atoms with Crippen molar-refractivity contribution in [1.29, 1.82) is 0 Å². The average Bonchev–Trinajstić information content (AvgIpc) is 2.76. The summed E-state index contributed by atoms with van der Waals surface area (Å²) in [5.41, 5.74) is 0. The van der Waals surface area contributed by atoms with Crippen LogP contribution in [0.4, 0.5) is 0 Å². The lowest BCUT2D eigenvalue weighted by molar-refractivity contribution is 0.0641. The van der Waals surface area contributed by atoms with E-state index in [9.17, 15) is 0 Å².